The van der Waals surface area contributed by atoms with Gasteiger partial charge in [-0.1, -0.05) is 6.07 Å². The largest absolute Gasteiger partial charge is 0.341 e. The Morgan fingerprint density at radius 3 is 2.67 bits per heavy atom. The zero-order chi connectivity index (χ0) is 14.8. The summed E-state index contributed by atoms with van der Waals surface area (Å²) >= 11 is 0. The zero-order valence-electron chi connectivity index (χ0n) is 10.9. The van der Waals surface area contributed by atoms with Crippen molar-refractivity contribution in [3.05, 3.63) is 24.3 Å². The summed E-state index contributed by atoms with van der Waals surface area (Å²) in [6.45, 7) is 0.748. The Morgan fingerprint density at radius 2 is 2.10 bits per heavy atom. The van der Waals surface area contributed by atoms with Crippen molar-refractivity contribution in [3.8, 4) is 0 Å². The number of anilines is 1. The van der Waals surface area contributed by atoms with Crippen LogP contribution in [0.5, 0.6) is 0 Å². The van der Waals surface area contributed by atoms with Crippen molar-refractivity contribution in [1.29, 1.82) is 0 Å². The molecule has 1 aliphatic rings. The molecule has 9 heteroatoms. The Kier molecular flexibility index (Phi) is 6.06. The minimum absolute atomic E-state index is 0. The van der Waals surface area contributed by atoms with Crippen molar-refractivity contribution >= 4 is 33.8 Å². The number of rotatable bonds is 4. The molecule has 1 amide bonds. The molecule has 0 aliphatic carbocycles. The normalized spacial score (nSPS) is 18.3. The Hall–Kier alpha value is -1.25. The Labute approximate surface area is 127 Å². The van der Waals surface area contributed by atoms with E-state index in [-0.39, 0.29) is 30.0 Å². The average molecular weight is 341 g/mol. The zero-order valence-corrected chi connectivity index (χ0v) is 12.5. The molecule has 2 N–H and O–H groups in total. The summed E-state index contributed by atoms with van der Waals surface area (Å²) in [5.41, 5.74) is 0.186. The van der Waals surface area contributed by atoms with Gasteiger partial charge in [0, 0.05) is 5.69 Å². The predicted octanol–water partition coefficient (Wildman–Crippen LogP) is 1.80. The minimum Gasteiger partial charge on any atom is -0.325 e. The summed E-state index contributed by atoms with van der Waals surface area (Å²) in [7, 11) is -4.65. The summed E-state index contributed by atoms with van der Waals surface area (Å²) in [6.07, 6.45) is 1.58. The van der Waals surface area contributed by atoms with Gasteiger partial charge in [-0.25, -0.2) is 8.42 Å². The summed E-state index contributed by atoms with van der Waals surface area (Å²) in [6, 6.07) is 4.55. The van der Waals surface area contributed by atoms with Gasteiger partial charge in [-0.2, -0.15) is 8.78 Å². The van der Waals surface area contributed by atoms with Gasteiger partial charge < -0.3 is 10.6 Å². The number of hydrogen-bond acceptors (Lipinski definition) is 4. The Morgan fingerprint density at radius 1 is 1.38 bits per heavy atom. The highest BCUT2D eigenvalue weighted by Gasteiger charge is 2.27. The monoisotopic (exact) mass is 340 g/mol. The third-order valence-corrected chi connectivity index (χ3v) is 4.42. The van der Waals surface area contributed by atoms with E-state index in [0.717, 1.165) is 25.1 Å². The number of nitrogens with one attached hydrogen (secondary N) is 2. The maximum atomic E-state index is 12.5. The van der Waals surface area contributed by atoms with E-state index >= 15 is 0 Å². The first-order chi connectivity index (χ1) is 9.41. The van der Waals surface area contributed by atoms with Gasteiger partial charge in [-0.15, -0.1) is 12.4 Å². The number of amides is 1. The third-order valence-electron chi connectivity index (χ3n) is 3.04. The molecule has 1 aromatic rings. The van der Waals surface area contributed by atoms with E-state index < -0.39 is 20.5 Å². The molecule has 1 atom stereocenters. The molecular weight excluding hydrogens is 326 g/mol. The quantitative estimate of drug-likeness (QED) is 0.876. The second kappa shape index (κ2) is 7.15. The molecule has 0 spiro atoms. The molecule has 2 rings (SSSR count). The van der Waals surface area contributed by atoms with Crippen LogP contribution in [0.4, 0.5) is 14.5 Å². The summed E-state index contributed by atoms with van der Waals surface area (Å²) in [4.78, 5) is 11.3. The van der Waals surface area contributed by atoms with Gasteiger partial charge in [0.2, 0.25) is 15.7 Å². The first-order valence-electron chi connectivity index (χ1n) is 6.07. The van der Waals surface area contributed by atoms with Crippen molar-refractivity contribution in [1.82, 2.24) is 5.32 Å². The van der Waals surface area contributed by atoms with Crippen LogP contribution in [0.3, 0.4) is 0 Å². The lowest BCUT2D eigenvalue weighted by molar-refractivity contribution is -0.117. The van der Waals surface area contributed by atoms with E-state index in [9.17, 15) is 22.0 Å². The number of alkyl halides is 2. The topological polar surface area (TPSA) is 75.3 Å². The van der Waals surface area contributed by atoms with Gasteiger partial charge in [0.1, 0.15) is 0 Å². The number of hydrogen-bond donors (Lipinski definition) is 2. The van der Waals surface area contributed by atoms with E-state index in [1.807, 2.05) is 0 Å². The molecule has 0 bridgehead atoms. The minimum atomic E-state index is -4.65. The van der Waals surface area contributed by atoms with Crippen molar-refractivity contribution in [2.45, 2.75) is 29.5 Å². The molecule has 0 saturated carbocycles. The highest BCUT2D eigenvalue weighted by atomic mass is 35.5. The fourth-order valence-electron chi connectivity index (χ4n) is 1.99. The first kappa shape index (κ1) is 17.8. The Bertz CT molecular complexity index is 604. The molecule has 0 radical (unpaired) electrons. The molecule has 5 nitrogen and oxygen atoms in total. The van der Waals surface area contributed by atoms with E-state index in [2.05, 4.69) is 10.6 Å². The number of carbonyl (C=O) groups excluding carboxylic acids is 1. The summed E-state index contributed by atoms with van der Waals surface area (Å²) < 4.78 is 47.6. The fraction of sp³-hybridized carbons (Fsp3) is 0.417. The lowest BCUT2D eigenvalue weighted by Crippen LogP contribution is -2.35. The van der Waals surface area contributed by atoms with E-state index in [1.165, 1.54) is 12.1 Å². The molecule has 1 aliphatic heterocycles. The second-order valence-electron chi connectivity index (χ2n) is 4.47. The predicted molar refractivity (Wildman–Crippen MR) is 76.5 cm³/mol. The van der Waals surface area contributed by atoms with Crippen LogP contribution in [0.15, 0.2) is 29.2 Å². The van der Waals surface area contributed by atoms with Gasteiger partial charge >= 0.3 is 5.76 Å². The van der Waals surface area contributed by atoms with Crippen LogP contribution >= 0.6 is 12.4 Å². The molecule has 1 aromatic carbocycles. The van der Waals surface area contributed by atoms with E-state index in [1.54, 1.807) is 0 Å². The summed E-state index contributed by atoms with van der Waals surface area (Å²) in [5, 5.41) is 5.51. The lowest BCUT2D eigenvalue weighted by atomic mass is 10.2. The lowest BCUT2D eigenvalue weighted by Gasteiger charge is -2.12. The average Bonchev–Trinajstić information content (AvgIpc) is 2.92. The van der Waals surface area contributed by atoms with Crippen LogP contribution in [-0.4, -0.2) is 32.7 Å². The third kappa shape index (κ3) is 4.12. The van der Waals surface area contributed by atoms with Gasteiger partial charge in [0.05, 0.1) is 10.9 Å². The van der Waals surface area contributed by atoms with Crippen LogP contribution in [0.1, 0.15) is 12.8 Å². The van der Waals surface area contributed by atoms with Gasteiger partial charge in [-0.3, -0.25) is 4.79 Å². The van der Waals surface area contributed by atoms with Crippen LogP contribution in [-0.2, 0) is 14.6 Å². The number of halogens is 3. The van der Waals surface area contributed by atoms with Crippen LogP contribution in [0.25, 0.3) is 0 Å². The van der Waals surface area contributed by atoms with Crippen molar-refractivity contribution < 1.29 is 22.0 Å². The van der Waals surface area contributed by atoms with Crippen LogP contribution in [0, 0.1) is 0 Å². The van der Waals surface area contributed by atoms with Crippen molar-refractivity contribution in [3.63, 3.8) is 0 Å². The van der Waals surface area contributed by atoms with E-state index in [0.29, 0.717) is 6.42 Å². The molecule has 1 unspecified atom stereocenters. The number of benzene rings is 1. The maximum absolute atomic E-state index is 12.5. The highest BCUT2D eigenvalue weighted by Crippen LogP contribution is 2.21. The van der Waals surface area contributed by atoms with Gasteiger partial charge in [0.25, 0.3) is 0 Å². The van der Waals surface area contributed by atoms with Crippen LogP contribution < -0.4 is 10.6 Å². The fourth-order valence-corrected chi connectivity index (χ4v) is 2.76. The van der Waals surface area contributed by atoms with Crippen molar-refractivity contribution in [2.24, 2.45) is 0 Å². The first-order valence-corrected chi connectivity index (χ1v) is 7.62. The van der Waals surface area contributed by atoms with Crippen molar-refractivity contribution in [2.75, 3.05) is 11.9 Å². The molecule has 21 heavy (non-hydrogen) atoms. The molecule has 1 fully saturated rings. The number of sulfone groups is 1. The summed E-state index contributed by atoms with van der Waals surface area (Å²) in [5.74, 6) is -3.78. The SMILES string of the molecule is Cl.O=C(Nc1cccc(S(=O)(=O)C(F)F)c1)C1CCCN1. The Balaban J connectivity index is 0.00000220. The van der Waals surface area contributed by atoms with Gasteiger partial charge in [-0.05, 0) is 37.6 Å². The molecular formula is C12H15ClF2N2O3S. The highest BCUT2D eigenvalue weighted by molar-refractivity contribution is 7.91. The second-order valence-corrected chi connectivity index (χ2v) is 6.39. The smallest absolute Gasteiger partial charge is 0.325 e. The molecule has 0 aromatic heterocycles. The molecule has 118 valence electrons. The molecule has 1 saturated heterocycles. The maximum Gasteiger partial charge on any atom is 0.341 e. The molecule has 1 heterocycles. The van der Waals surface area contributed by atoms with Crippen LogP contribution in [0.2, 0.25) is 0 Å². The standard InChI is InChI=1S/C12H14F2N2O3S.ClH/c13-12(14)20(18,19)9-4-1-3-8(7-9)16-11(17)10-5-2-6-15-10;/h1,3-4,7,10,12,15H,2,5-6H2,(H,16,17);1H. The number of carbonyl (C=O) groups is 1. The van der Waals surface area contributed by atoms with Gasteiger partial charge in [0.15, 0.2) is 0 Å². The van der Waals surface area contributed by atoms with E-state index in [4.69, 9.17) is 0 Å².